The van der Waals surface area contributed by atoms with Crippen LogP contribution in [0.25, 0.3) is 0 Å². The summed E-state index contributed by atoms with van der Waals surface area (Å²) in [5, 5.41) is 0. The summed E-state index contributed by atoms with van der Waals surface area (Å²) in [4.78, 5) is 13.7. The fourth-order valence-electron chi connectivity index (χ4n) is 4.99. The smallest absolute Gasteiger partial charge is 0.305 e. The summed E-state index contributed by atoms with van der Waals surface area (Å²) in [5.41, 5.74) is 0. The van der Waals surface area contributed by atoms with Gasteiger partial charge in [-0.2, -0.15) is 0 Å². The molecule has 0 bridgehead atoms. The van der Waals surface area contributed by atoms with Crippen LogP contribution < -0.4 is 0 Å². The van der Waals surface area contributed by atoms with Gasteiger partial charge >= 0.3 is 5.97 Å². The summed E-state index contributed by atoms with van der Waals surface area (Å²) in [6.45, 7) is 5.95. The van der Waals surface area contributed by atoms with Crippen LogP contribution in [0, 0.1) is 5.92 Å². The van der Waals surface area contributed by atoms with Gasteiger partial charge in [0.25, 0.3) is 0 Å². The Morgan fingerprint density at radius 2 is 1.11 bits per heavy atom. The standard InChI is InChI=1S/C32H63NO2/c1-5-7-8-9-21-24-27-31(30-33(3)4)28-25-22-19-17-15-13-11-10-12-14-16-18-20-23-26-29-32(34)35-6-2/h10,12,31H,5-9,11,13-30H2,1-4H3/b12-10-. The summed E-state index contributed by atoms with van der Waals surface area (Å²) < 4.78 is 4.96. The Bertz CT molecular complexity index is 460. The predicted octanol–water partition coefficient (Wildman–Crippen LogP) is 9.89. The maximum Gasteiger partial charge on any atom is 0.305 e. The highest BCUT2D eigenvalue weighted by Crippen LogP contribution is 2.20. The second-order valence-corrected chi connectivity index (χ2v) is 11.0. The van der Waals surface area contributed by atoms with Crippen LogP contribution in [0.3, 0.4) is 0 Å². The van der Waals surface area contributed by atoms with Gasteiger partial charge in [0.15, 0.2) is 0 Å². The summed E-state index contributed by atoms with van der Waals surface area (Å²) in [6, 6.07) is 0. The van der Waals surface area contributed by atoms with Gasteiger partial charge in [0.1, 0.15) is 0 Å². The fraction of sp³-hybridized carbons (Fsp3) is 0.906. The van der Waals surface area contributed by atoms with Crippen molar-refractivity contribution in [2.45, 2.75) is 155 Å². The van der Waals surface area contributed by atoms with Gasteiger partial charge in [-0.1, -0.05) is 109 Å². The van der Waals surface area contributed by atoms with Crippen molar-refractivity contribution in [3.63, 3.8) is 0 Å². The Morgan fingerprint density at radius 1 is 0.657 bits per heavy atom. The van der Waals surface area contributed by atoms with E-state index in [2.05, 4.69) is 38.1 Å². The lowest BCUT2D eigenvalue weighted by Crippen LogP contribution is -2.21. The van der Waals surface area contributed by atoms with Crippen LogP contribution in [0.5, 0.6) is 0 Å². The molecular weight excluding hydrogens is 430 g/mol. The highest BCUT2D eigenvalue weighted by atomic mass is 16.5. The Balaban J connectivity index is 3.48. The normalized spacial score (nSPS) is 12.6. The average Bonchev–Trinajstić information content (AvgIpc) is 2.82. The zero-order valence-electron chi connectivity index (χ0n) is 24.5. The molecule has 0 aromatic heterocycles. The van der Waals surface area contributed by atoms with Crippen LogP contribution in [0.2, 0.25) is 0 Å². The second-order valence-electron chi connectivity index (χ2n) is 11.0. The first-order valence-corrected chi connectivity index (χ1v) is 15.5. The van der Waals surface area contributed by atoms with Gasteiger partial charge in [-0.3, -0.25) is 4.79 Å². The average molecular weight is 494 g/mol. The Hall–Kier alpha value is -0.830. The molecule has 0 aliphatic heterocycles. The maximum atomic E-state index is 11.3. The highest BCUT2D eigenvalue weighted by Gasteiger charge is 2.09. The molecule has 0 rings (SSSR count). The molecule has 35 heavy (non-hydrogen) atoms. The third kappa shape index (κ3) is 27.6. The van der Waals surface area contributed by atoms with Crippen molar-refractivity contribution in [1.82, 2.24) is 4.90 Å². The number of nitrogens with zero attached hydrogens (tertiary/aromatic N) is 1. The molecule has 208 valence electrons. The van der Waals surface area contributed by atoms with Crippen molar-refractivity contribution in [2.24, 2.45) is 5.92 Å². The molecule has 0 aliphatic carbocycles. The number of hydrogen-bond acceptors (Lipinski definition) is 3. The number of esters is 1. The molecule has 0 saturated heterocycles. The Labute approximate surface area is 220 Å². The molecule has 0 N–H and O–H groups in total. The zero-order chi connectivity index (χ0) is 25.8. The Morgan fingerprint density at radius 3 is 1.60 bits per heavy atom. The van der Waals surface area contributed by atoms with Crippen LogP contribution in [0.15, 0.2) is 12.2 Å². The highest BCUT2D eigenvalue weighted by molar-refractivity contribution is 5.69. The first-order valence-electron chi connectivity index (χ1n) is 15.5. The summed E-state index contributed by atoms with van der Waals surface area (Å²) in [6.07, 6.45) is 33.6. The van der Waals surface area contributed by atoms with E-state index in [1.165, 1.54) is 129 Å². The first kappa shape index (κ1) is 34.2. The van der Waals surface area contributed by atoms with Crippen molar-refractivity contribution >= 4 is 5.97 Å². The topological polar surface area (TPSA) is 29.5 Å². The Kier molecular flexibility index (Phi) is 27.1. The van der Waals surface area contributed by atoms with Crippen LogP contribution >= 0.6 is 0 Å². The van der Waals surface area contributed by atoms with Crippen molar-refractivity contribution in [2.75, 3.05) is 27.2 Å². The van der Waals surface area contributed by atoms with E-state index in [1.807, 2.05) is 6.92 Å². The predicted molar refractivity (Wildman–Crippen MR) is 155 cm³/mol. The number of carbonyl (C=O) groups is 1. The first-order chi connectivity index (χ1) is 17.1. The van der Waals surface area contributed by atoms with Crippen molar-refractivity contribution < 1.29 is 9.53 Å². The summed E-state index contributed by atoms with van der Waals surface area (Å²) >= 11 is 0. The van der Waals surface area contributed by atoms with E-state index < -0.39 is 0 Å². The van der Waals surface area contributed by atoms with Gasteiger partial charge in [0.05, 0.1) is 6.61 Å². The van der Waals surface area contributed by atoms with Gasteiger partial charge in [0.2, 0.25) is 0 Å². The van der Waals surface area contributed by atoms with Crippen LogP contribution in [-0.4, -0.2) is 38.1 Å². The van der Waals surface area contributed by atoms with Gasteiger partial charge in [-0.15, -0.1) is 0 Å². The van der Waals surface area contributed by atoms with E-state index in [4.69, 9.17) is 4.74 Å². The monoisotopic (exact) mass is 493 g/mol. The third-order valence-electron chi connectivity index (χ3n) is 7.05. The molecule has 1 unspecified atom stereocenters. The number of carbonyl (C=O) groups excluding carboxylic acids is 1. The number of ether oxygens (including phenoxy) is 1. The molecular formula is C32H63NO2. The molecule has 0 aromatic rings. The van der Waals surface area contributed by atoms with E-state index >= 15 is 0 Å². The maximum absolute atomic E-state index is 11.3. The van der Waals surface area contributed by atoms with Gasteiger partial charge in [-0.25, -0.2) is 0 Å². The van der Waals surface area contributed by atoms with Crippen molar-refractivity contribution in [3.8, 4) is 0 Å². The molecule has 0 amide bonds. The summed E-state index contributed by atoms with van der Waals surface area (Å²) in [7, 11) is 4.47. The minimum atomic E-state index is -0.0390. The molecule has 0 radical (unpaired) electrons. The fourth-order valence-corrected chi connectivity index (χ4v) is 4.99. The van der Waals surface area contributed by atoms with E-state index in [-0.39, 0.29) is 5.97 Å². The van der Waals surface area contributed by atoms with Crippen molar-refractivity contribution in [3.05, 3.63) is 12.2 Å². The molecule has 3 nitrogen and oxygen atoms in total. The molecule has 3 heteroatoms. The largest absolute Gasteiger partial charge is 0.466 e. The minimum Gasteiger partial charge on any atom is -0.466 e. The lowest BCUT2D eigenvalue weighted by atomic mass is 9.93. The molecule has 0 saturated carbocycles. The second kappa shape index (κ2) is 27.8. The summed E-state index contributed by atoms with van der Waals surface area (Å²) in [5.74, 6) is 0.869. The number of unbranched alkanes of at least 4 members (excludes halogenated alkanes) is 16. The lowest BCUT2D eigenvalue weighted by Gasteiger charge is -2.21. The van der Waals surface area contributed by atoms with Crippen molar-refractivity contribution in [1.29, 1.82) is 0 Å². The van der Waals surface area contributed by atoms with Crippen LogP contribution in [0.1, 0.15) is 155 Å². The quantitative estimate of drug-likeness (QED) is 0.0647. The molecule has 0 heterocycles. The molecule has 0 aromatic carbocycles. The molecule has 0 aliphatic rings. The molecule has 1 atom stereocenters. The van der Waals surface area contributed by atoms with Crippen LogP contribution in [-0.2, 0) is 9.53 Å². The van der Waals surface area contributed by atoms with Gasteiger partial charge in [0, 0.05) is 13.0 Å². The zero-order valence-corrected chi connectivity index (χ0v) is 24.5. The van der Waals surface area contributed by atoms with Gasteiger partial charge in [-0.05, 0) is 71.9 Å². The minimum absolute atomic E-state index is 0.0390. The SMILES string of the molecule is CCCCCCCCC(CCCCCCCC/C=C\CCCCCCCC(=O)OCC)CN(C)C. The number of rotatable bonds is 27. The number of allylic oxidation sites excluding steroid dienone is 2. The molecule has 0 fully saturated rings. The van der Waals surface area contributed by atoms with E-state index in [1.54, 1.807) is 0 Å². The number of hydrogen-bond donors (Lipinski definition) is 0. The van der Waals surface area contributed by atoms with E-state index in [9.17, 15) is 4.79 Å². The molecule has 0 spiro atoms. The van der Waals surface area contributed by atoms with E-state index in [0.29, 0.717) is 13.0 Å². The van der Waals surface area contributed by atoms with Gasteiger partial charge < -0.3 is 9.64 Å². The van der Waals surface area contributed by atoms with E-state index in [0.717, 1.165) is 18.8 Å². The van der Waals surface area contributed by atoms with Crippen LogP contribution in [0.4, 0.5) is 0 Å². The lowest BCUT2D eigenvalue weighted by molar-refractivity contribution is -0.143. The third-order valence-corrected chi connectivity index (χ3v) is 7.05.